The van der Waals surface area contributed by atoms with Gasteiger partial charge in [-0.2, -0.15) is 0 Å². The normalized spacial score (nSPS) is 22.5. The van der Waals surface area contributed by atoms with Crippen LogP contribution >= 0.6 is 0 Å². The maximum atomic E-state index is 12.1. The maximum Gasteiger partial charge on any atom is 0.305 e. The van der Waals surface area contributed by atoms with Crippen molar-refractivity contribution >= 4 is 11.9 Å². The molecular formula is C22H34N2O3. The van der Waals surface area contributed by atoms with Crippen molar-refractivity contribution in [3.63, 3.8) is 0 Å². The predicted molar refractivity (Wildman–Crippen MR) is 108 cm³/mol. The van der Waals surface area contributed by atoms with Gasteiger partial charge in [-0.25, -0.2) is 0 Å². The summed E-state index contributed by atoms with van der Waals surface area (Å²) in [5.41, 5.74) is 2.84. The fourth-order valence-electron chi connectivity index (χ4n) is 4.08. The summed E-state index contributed by atoms with van der Waals surface area (Å²) in [5.74, 6) is -0.215. The predicted octanol–water partition coefficient (Wildman–Crippen LogP) is 3.24. The molecule has 5 heteroatoms. The quantitative estimate of drug-likeness (QED) is 0.710. The molecule has 0 radical (unpaired) electrons. The Morgan fingerprint density at radius 2 is 1.93 bits per heavy atom. The van der Waals surface area contributed by atoms with Crippen molar-refractivity contribution < 1.29 is 14.3 Å². The average molecular weight is 375 g/mol. The zero-order valence-corrected chi connectivity index (χ0v) is 17.2. The van der Waals surface area contributed by atoms with E-state index in [9.17, 15) is 9.59 Å². The number of hydrogen-bond acceptors (Lipinski definition) is 4. The third kappa shape index (κ3) is 6.35. The van der Waals surface area contributed by atoms with Gasteiger partial charge in [0.15, 0.2) is 0 Å². The van der Waals surface area contributed by atoms with Crippen molar-refractivity contribution in [2.45, 2.75) is 69.9 Å². The van der Waals surface area contributed by atoms with Gasteiger partial charge < -0.3 is 15.0 Å². The summed E-state index contributed by atoms with van der Waals surface area (Å²) in [7, 11) is 5.71. The number of amides is 1. The van der Waals surface area contributed by atoms with Crippen LogP contribution in [0.4, 0.5) is 0 Å². The zero-order chi connectivity index (χ0) is 19.9. The van der Waals surface area contributed by atoms with Crippen LogP contribution in [0.1, 0.15) is 56.1 Å². The number of likely N-dealkylation sites (N-methyl/N-ethyl adjacent to an activating group) is 1. The molecule has 1 N–H and O–H groups in total. The number of esters is 1. The maximum absolute atomic E-state index is 12.1. The number of nitrogens with zero attached hydrogens (tertiary/aromatic N) is 1. The SMILES string of the molecule is COC(=O)CCCC(=O)NC1CCC(Cc2cccc(C)c2)(N(C)C)CC1. The van der Waals surface area contributed by atoms with Crippen LogP contribution in [0.25, 0.3) is 0 Å². The molecule has 0 aromatic heterocycles. The van der Waals surface area contributed by atoms with Crippen molar-refractivity contribution in [2.75, 3.05) is 21.2 Å². The molecule has 0 heterocycles. The van der Waals surface area contributed by atoms with E-state index in [-0.39, 0.29) is 23.5 Å². The Morgan fingerprint density at radius 3 is 2.52 bits per heavy atom. The first kappa shape index (κ1) is 21.4. The average Bonchev–Trinajstić information content (AvgIpc) is 2.63. The molecule has 5 nitrogen and oxygen atoms in total. The number of benzene rings is 1. The van der Waals surface area contributed by atoms with Gasteiger partial charge in [0.2, 0.25) is 5.91 Å². The van der Waals surface area contributed by atoms with E-state index < -0.39 is 0 Å². The number of aryl methyl sites for hydroxylation is 1. The van der Waals surface area contributed by atoms with E-state index in [0.29, 0.717) is 19.3 Å². The molecule has 1 aliphatic rings. The Bertz CT molecular complexity index is 634. The largest absolute Gasteiger partial charge is 0.469 e. The van der Waals surface area contributed by atoms with Crippen LogP contribution < -0.4 is 5.32 Å². The van der Waals surface area contributed by atoms with Crippen molar-refractivity contribution in [1.29, 1.82) is 0 Å². The molecule has 0 spiro atoms. The number of carbonyl (C=O) groups excluding carboxylic acids is 2. The lowest BCUT2D eigenvalue weighted by Crippen LogP contribution is -2.52. The first-order valence-corrected chi connectivity index (χ1v) is 9.94. The zero-order valence-electron chi connectivity index (χ0n) is 17.2. The van der Waals surface area contributed by atoms with Gasteiger partial charge >= 0.3 is 5.97 Å². The molecule has 150 valence electrons. The molecule has 0 atom stereocenters. The number of rotatable bonds is 8. The number of nitrogens with one attached hydrogen (secondary N) is 1. The van der Waals surface area contributed by atoms with Crippen LogP contribution in [0.2, 0.25) is 0 Å². The van der Waals surface area contributed by atoms with Gasteiger partial charge in [-0.3, -0.25) is 9.59 Å². The summed E-state index contributed by atoms with van der Waals surface area (Å²) in [5, 5.41) is 3.15. The molecule has 1 fully saturated rings. The molecule has 27 heavy (non-hydrogen) atoms. The Kier molecular flexibility index (Phi) is 7.84. The fraction of sp³-hybridized carbons (Fsp3) is 0.636. The summed E-state index contributed by atoms with van der Waals surface area (Å²) < 4.78 is 4.61. The second-order valence-electron chi connectivity index (χ2n) is 8.06. The lowest BCUT2D eigenvalue weighted by molar-refractivity contribution is -0.140. The molecule has 2 rings (SSSR count). The lowest BCUT2D eigenvalue weighted by atomic mass is 9.74. The van der Waals surface area contributed by atoms with E-state index >= 15 is 0 Å². The molecular weight excluding hydrogens is 340 g/mol. The Morgan fingerprint density at radius 1 is 1.22 bits per heavy atom. The van der Waals surface area contributed by atoms with Crippen LogP contribution in [-0.2, 0) is 20.7 Å². The highest BCUT2D eigenvalue weighted by Gasteiger charge is 2.37. The number of hydrogen-bond donors (Lipinski definition) is 1. The highest BCUT2D eigenvalue weighted by atomic mass is 16.5. The lowest BCUT2D eigenvalue weighted by Gasteiger charge is -2.45. The third-order valence-corrected chi connectivity index (χ3v) is 5.86. The van der Waals surface area contributed by atoms with Gasteiger partial charge in [0.05, 0.1) is 7.11 Å². The van der Waals surface area contributed by atoms with E-state index in [0.717, 1.165) is 32.1 Å². The van der Waals surface area contributed by atoms with E-state index in [1.54, 1.807) is 0 Å². The van der Waals surface area contributed by atoms with Gasteiger partial charge in [-0.05, 0) is 65.1 Å². The summed E-state index contributed by atoms with van der Waals surface area (Å²) in [4.78, 5) is 25.6. The molecule has 0 unspecified atom stereocenters. The van der Waals surface area contributed by atoms with Gasteiger partial charge in [0.25, 0.3) is 0 Å². The molecule has 0 aliphatic heterocycles. The third-order valence-electron chi connectivity index (χ3n) is 5.86. The van der Waals surface area contributed by atoms with Gasteiger partial charge in [0, 0.05) is 24.4 Å². The van der Waals surface area contributed by atoms with Crippen LogP contribution in [0.15, 0.2) is 24.3 Å². The molecule has 1 saturated carbocycles. The van der Waals surface area contributed by atoms with Gasteiger partial charge in [-0.15, -0.1) is 0 Å². The topological polar surface area (TPSA) is 58.6 Å². The molecule has 0 bridgehead atoms. The molecule has 1 aliphatic carbocycles. The second-order valence-corrected chi connectivity index (χ2v) is 8.06. The summed E-state index contributed by atoms with van der Waals surface area (Å²) >= 11 is 0. The number of methoxy groups -OCH3 is 1. The molecule has 0 saturated heterocycles. The van der Waals surface area contributed by atoms with Crippen LogP contribution in [0, 0.1) is 6.92 Å². The van der Waals surface area contributed by atoms with Crippen molar-refractivity contribution in [2.24, 2.45) is 0 Å². The number of ether oxygens (including phenoxy) is 1. The minimum absolute atomic E-state index is 0.0416. The van der Waals surface area contributed by atoms with Crippen LogP contribution in [0.5, 0.6) is 0 Å². The summed E-state index contributed by atoms with van der Waals surface area (Å²) in [6.07, 6.45) is 6.39. The van der Waals surface area contributed by atoms with E-state index in [1.165, 1.54) is 18.2 Å². The second kappa shape index (κ2) is 9.88. The Hall–Kier alpha value is -1.88. The monoisotopic (exact) mass is 374 g/mol. The standard InChI is InChI=1S/C22H34N2O3/c1-17-7-5-8-18(15-17)16-22(24(2)3)13-11-19(12-14-22)23-20(25)9-6-10-21(26)27-4/h5,7-8,15,19H,6,9-14,16H2,1-4H3,(H,23,25). The van der Waals surface area contributed by atoms with E-state index in [2.05, 4.69) is 60.2 Å². The van der Waals surface area contributed by atoms with Crippen molar-refractivity contribution in [1.82, 2.24) is 10.2 Å². The summed E-state index contributed by atoms with van der Waals surface area (Å²) in [6, 6.07) is 9.00. The smallest absolute Gasteiger partial charge is 0.305 e. The summed E-state index contributed by atoms with van der Waals surface area (Å²) in [6.45, 7) is 2.14. The molecule has 1 aromatic carbocycles. The van der Waals surface area contributed by atoms with Crippen molar-refractivity contribution in [3.8, 4) is 0 Å². The highest BCUT2D eigenvalue weighted by Crippen LogP contribution is 2.35. The van der Waals surface area contributed by atoms with E-state index in [1.807, 2.05) is 0 Å². The molecule has 1 amide bonds. The Balaban J connectivity index is 1.85. The van der Waals surface area contributed by atoms with E-state index in [4.69, 9.17) is 0 Å². The first-order valence-electron chi connectivity index (χ1n) is 9.94. The minimum atomic E-state index is -0.257. The highest BCUT2D eigenvalue weighted by molar-refractivity contribution is 5.77. The van der Waals surface area contributed by atoms with Crippen LogP contribution in [-0.4, -0.2) is 49.6 Å². The first-order chi connectivity index (χ1) is 12.8. The van der Waals surface area contributed by atoms with Gasteiger partial charge in [0.1, 0.15) is 0 Å². The van der Waals surface area contributed by atoms with Crippen molar-refractivity contribution in [3.05, 3.63) is 35.4 Å². The Labute approximate surface area is 163 Å². The number of carbonyl (C=O) groups is 2. The van der Waals surface area contributed by atoms with Crippen LogP contribution in [0.3, 0.4) is 0 Å². The van der Waals surface area contributed by atoms with Gasteiger partial charge in [-0.1, -0.05) is 29.8 Å². The molecule has 1 aromatic rings. The fourth-order valence-corrected chi connectivity index (χ4v) is 4.08. The minimum Gasteiger partial charge on any atom is -0.469 e.